The summed E-state index contributed by atoms with van der Waals surface area (Å²) in [5.74, 6) is 0.750. The molecule has 3 rings (SSSR count). The van der Waals surface area contributed by atoms with Crippen molar-refractivity contribution in [2.24, 2.45) is 5.73 Å². The first-order valence-corrected chi connectivity index (χ1v) is 10.2. The SMILES string of the molecule is CCCCn1nnnc1C(NC1CCC(N)CC1)c1ccc(NC(C)=O)cc1. The molecule has 152 valence electrons. The molecular formula is C20H31N7O. The lowest BCUT2D eigenvalue weighted by Crippen LogP contribution is -2.40. The Morgan fingerprint density at radius 3 is 2.61 bits per heavy atom. The second-order valence-corrected chi connectivity index (χ2v) is 7.63. The largest absolute Gasteiger partial charge is 0.328 e. The number of aromatic nitrogens is 4. The zero-order valence-electron chi connectivity index (χ0n) is 16.8. The average molecular weight is 386 g/mol. The number of hydrogen-bond acceptors (Lipinski definition) is 6. The first-order chi connectivity index (χ1) is 13.6. The summed E-state index contributed by atoms with van der Waals surface area (Å²) in [7, 11) is 0. The molecular weight excluding hydrogens is 354 g/mol. The second kappa shape index (κ2) is 9.75. The number of carbonyl (C=O) groups excluding carboxylic acids is 1. The number of amides is 1. The van der Waals surface area contributed by atoms with Gasteiger partial charge in [0.2, 0.25) is 5.91 Å². The number of rotatable bonds is 8. The number of nitrogens with two attached hydrogens (primary N) is 1. The molecule has 1 aliphatic rings. The summed E-state index contributed by atoms with van der Waals surface area (Å²) in [6, 6.07) is 8.48. The minimum Gasteiger partial charge on any atom is -0.328 e. The van der Waals surface area contributed by atoms with Crippen molar-refractivity contribution in [1.29, 1.82) is 0 Å². The van der Waals surface area contributed by atoms with Crippen molar-refractivity contribution >= 4 is 11.6 Å². The molecule has 0 aliphatic heterocycles. The lowest BCUT2D eigenvalue weighted by atomic mass is 9.90. The number of carbonyl (C=O) groups is 1. The summed E-state index contributed by atoms with van der Waals surface area (Å²) in [6.45, 7) is 4.47. The summed E-state index contributed by atoms with van der Waals surface area (Å²) in [5, 5.41) is 19.1. The van der Waals surface area contributed by atoms with Crippen LogP contribution in [0.5, 0.6) is 0 Å². The Bertz CT molecular complexity index is 750. The molecule has 1 aromatic heterocycles. The summed E-state index contributed by atoms with van der Waals surface area (Å²) < 4.78 is 1.90. The van der Waals surface area contributed by atoms with Gasteiger partial charge in [0.15, 0.2) is 5.82 Å². The van der Waals surface area contributed by atoms with Gasteiger partial charge in [0, 0.05) is 31.2 Å². The van der Waals surface area contributed by atoms with E-state index in [1.165, 1.54) is 6.92 Å². The van der Waals surface area contributed by atoms with Crippen LogP contribution in [0.25, 0.3) is 0 Å². The van der Waals surface area contributed by atoms with Gasteiger partial charge < -0.3 is 16.4 Å². The van der Waals surface area contributed by atoms with Crippen molar-refractivity contribution in [3.8, 4) is 0 Å². The van der Waals surface area contributed by atoms with Gasteiger partial charge in [0.05, 0.1) is 6.04 Å². The molecule has 1 heterocycles. The van der Waals surface area contributed by atoms with E-state index in [0.717, 1.165) is 62.1 Å². The molecule has 0 saturated heterocycles. The Labute approximate surface area is 166 Å². The molecule has 0 radical (unpaired) electrons. The van der Waals surface area contributed by atoms with Crippen LogP contribution >= 0.6 is 0 Å². The van der Waals surface area contributed by atoms with Crippen molar-refractivity contribution in [3.05, 3.63) is 35.7 Å². The van der Waals surface area contributed by atoms with Gasteiger partial charge in [-0.05, 0) is 60.2 Å². The minimum absolute atomic E-state index is 0.0792. The molecule has 1 atom stereocenters. The molecule has 4 N–H and O–H groups in total. The summed E-state index contributed by atoms with van der Waals surface area (Å²) in [4.78, 5) is 11.3. The van der Waals surface area contributed by atoms with Crippen molar-refractivity contribution in [2.75, 3.05) is 5.32 Å². The zero-order valence-corrected chi connectivity index (χ0v) is 16.8. The van der Waals surface area contributed by atoms with E-state index in [1.807, 2.05) is 28.9 Å². The van der Waals surface area contributed by atoms with E-state index in [0.29, 0.717) is 12.1 Å². The van der Waals surface area contributed by atoms with Crippen LogP contribution in [0.2, 0.25) is 0 Å². The Morgan fingerprint density at radius 2 is 1.96 bits per heavy atom. The third-order valence-electron chi connectivity index (χ3n) is 5.28. The lowest BCUT2D eigenvalue weighted by molar-refractivity contribution is -0.114. The van der Waals surface area contributed by atoms with Crippen molar-refractivity contribution in [3.63, 3.8) is 0 Å². The maximum absolute atomic E-state index is 11.3. The molecule has 8 heteroatoms. The normalized spacial score (nSPS) is 20.7. The Hall–Kier alpha value is -2.32. The van der Waals surface area contributed by atoms with E-state index in [2.05, 4.69) is 33.1 Å². The molecule has 1 unspecified atom stereocenters. The molecule has 1 amide bonds. The fourth-order valence-electron chi connectivity index (χ4n) is 3.69. The molecule has 1 aliphatic carbocycles. The zero-order chi connectivity index (χ0) is 19.9. The van der Waals surface area contributed by atoms with Crippen LogP contribution in [-0.4, -0.2) is 38.2 Å². The molecule has 8 nitrogen and oxygen atoms in total. The number of anilines is 1. The Kier molecular flexibility index (Phi) is 7.11. The van der Waals surface area contributed by atoms with Crippen molar-refractivity contribution < 1.29 is 4.79 Å². The van der Waals surface area contributed by atoms with Crippen molar-refractivity contribution in [1.82, 2.24) is 25.5 Å². The maximum Gasteiger partial charge on any atom is 0.221 e. The highest BCUT2D eigenvalue weighted by Gasteiger charge is 2.26. The molecule has 1 saturated carbocycles. The van der Waals surface area contributed by atoms with E-state index in [9.17, 15) is 4.79 Å². The summed E-state index contributed by atoms with van der Waals surface area (Å²) in [5.41, 5.74) is 7.93. The minimum atomic E-state index is -0.0995. The van der Waals surface area contributed by atoms with Crippen LogP contribution in [0.3, 0.4) is 0 Å². The van der Waals surface area contributed by atoms with Gasteiger partial charge in [-0.2, -0.15) is 0 Å². The molecule has 1 aromatic carbocycles. The highest BCUT2D eigenvalue weighted by Crippen LogP contribution is 2.26. The summed E-state index contributed by atoms with van der Waals surface area (Å²) in [6.07, 6.45) is 6.30. The van der Waals surface area contributed by atoms with E-state index in [4.69, 9.17) is 5.73 Å². The van der Waals surface area contributed by atoms with E-state index < -0.39 is 0 Å². The molecule has 2 aromatic rings. The van der Waals surface area contributed by atoms with Crippen molar-refractivity contribution in [2.45, 2.75) is 77.0 Å². The summed E-state index contributed by atoms with van der Waals surface area (Å²) >= 11 is 0. The third kappa shape index (κ3) is 5.36. The second-order valence-electron chi connectivity index (χ2n) is 7.63. The van der Waals surface area contributed by atoms with Gasteiger partial charge >= 0.3 is 0 Å². The highest BCUT2D eigenvalue weighted by molar-refractivity contribution is 5.88. The monoisotopic (exact) mass is 385 g/mol. The maximum atomic E-state index is 11.3. The predicted octanol–water partition coefficient (Wildman–Crippen LogP) is 2.38. The topological polar surface area (TPSA) is 111 Å². The number of hydrogen-bond donors (Lipinski definition) is 3. The highest BCUT2D eigenvalue weighted by atomic mass is 16.1. The van der Waals surface area contributed by atoms with Gasteiger partial charge in [0.1, 0.15) is 0 Å². The fraction of sp³-hybridized carbons (Fsp3) is 0.600. The number of nitrogens with zero attached hydrogens (tertiary/aromatic N) is 4. The van der Waals surface area contributed by atoms with Gasteiger partial charge in [-0.3, -0.25) is 4.79 Å². The predicted molar refractivity (Wildman–Crippen MR) is 109 cm³/mol. The molecule has 1 fully saturated rings. The first-order valence-electron chi connectivity index (χ1n) is 10.2. The Morgan fingerprint density at radius 1 is 1.25 bits per heavy atom. The van der Waals surface area contributed by atoms with Gasteiger partial charge in [-0.25, -0.2) is 4.68 Å². The quantitative estimate of drug-likeness (QED) is 0.643. The molecule has 28 heavy (non-hydrogen) atoms. The molecule has 0 spiro atoms. The van der Waals surface area contributed by atoms with E-state index in [1.54, 1.807) is 0 Å². The average Bonchev–Trinajstić information content (AvgIpc) is 3.14. The smallest absolute Gasteiger partial charge is 0.221 e. The lowest BCUT2D eigenvalue weighted by Gasteiger charge is -2.30. The fourth-order valence-corrected chi connectivity index (χ4v) is 3.69. The number of unbranched alkanes of at least 4 members (excludes halogenated alkanes) is 1. The van der Waals surface area contributed by atoms with Gasteiger partial charge in [0.25, 0.3) is 0 Å². The van der Waals surface area contributed by atoms with E-state index >= 15 is 0 Å². The van der Waals surface area contributed by atoms with Crippen LogP contribution in [0.15, 0.2) is 24.3 Å². The number of aryl methyl sites for hydroxylation is 1. The molecule has 0 bridgehead atoms. The van der Waals surface area contributed by atoms with Crippen LogP contribution < -0.4 is 16.4 Å². The van der Waals surface area contributed by atoms with Crippen LogP contribution in [0.1, 0.15) is 69.8 Å². The number of benzene rings is 1. The van der Waals surface area contributed by atoms with E-state index in [-0.39, 0.29) is 11.9 Å². The van der Waals surface area contributed by atoms with Gasteiger partial charge in [-0.15, -0.1) is 5.10 Å². The number of nitrogens with one attached hydrogen (secondary N) is 2. The first kappa shape index (κ1) is 20.4. The van der Waals surface area contributed by atoms with Crippen LogP contribution in [0.4, 0.5) is 5.69 Å². The van der Waals surface area contributed by atoms with Crippen LogP contribution in [0, 0.1) is 0 Å². The van der Waals surface area contributed by atoms with Gasteiger partial charge in [-0.1, -0.05) is 25.5 Å². The third-order valence-corrected chi connectivity index (χ3v) is 5.28. The van der Waals surface area contributed by atoms with Crippen LogP contribution in [-0.2, 0) is 11.3 Å². The standard InChI is InChI=1S/C20H31N7O/c1-3-4-13-27-20(24-25-26-27)19(23-18-11-7-16(21)8-12-18)15-5-9-17(10-6-15)22-14(2)28/h5-6,9-10,16,18-19,23H,3-4,7-8,11-13,21H2,1-2H3,(H,22,28). The Balaban J connectivity index is 1.84. The number of tetrazole rings is 1.